The molecule has 0 saturated heterocycles. The van der Waals surface area contributed by atoms with E-state index in [9.17, 15) is 5.26 Å². The lowest BCUT2D eigenvalue weighted by Crippen LogP contribution is -1.92. The summed E-state index contributed by atoms with van der Waals surface area (Å²) in [6, 6.07) is 15.1. The van der Waals surface area contributed by atoms with Crippen LogP contribution in [-0.2, 0) is 0 Å². The molecule has 0 radical (unpaired) electrons. The second kappa shape index (κ2) is 7.08. The van der Waals surface area contributed by atoms with Crippen molar-refractivity contribution in [1.82, 2.24) is 4.98 Å². The Labute approximate surface area is 159 Å². The molecule has 0 aliphatic carbocycles. The van der Waals surface area contributed by atoms with Crippen LogP contribution in [0.1, 0.15) is 5.01 Å². The normalized spacial score (nSPS) is 12.7. The number of anilines is 1. The predicted molar refractivity (Wildman–Crippen MR) is 102 cm³/mol. The van der Waals surface area contributed by atoms with Gasteiger partial charge in [-0.1, -0.05) is 11.6 Å². The second-order valence-corrected chi connectivity index (χ2v) is 6.72. The van der Waals surface area contributed by atoms with Crippen LogP contribution in [0.25, 0.3) is 16.8 Å². The Morgan fingerprint density at radius 1 is 1.19 bits per heavy atom. The SMILES string of the molecule is N#C/C(=C/Nc1ccc(Cl)cc1)c1nc(-c2ccc3c(c2)OCO3)cs1. The van der Waals surface area contributed by atoms with Crippen molar-refractivity contribution in [2.75, 3.05) is 12.1 Å². The highest BCUT2D eigenvalue weighted by Crippen LogP contribution is 2.36. The van der Waals surface area contributed by atoms with E-state index in [1.165, 1.54) is 11.3 Å². The third-order valence-electron chi connectivity index (χ3n) is 3.75. The number of rotatable bonds is 4. The van der Waals surface area contributed by atoms with Crippen molar-refractivity contribution in [3.05, 3.63) is 64.1 Å². The van der Waals surface area contributed by atoms with Crippen molar-refractivity contribution >= 4 is 34.2 Å². The summed E-state index contributed by atoms with van der Waals surface area (Å²) in [6.07, 6.45) is 1.64. The fourth-order valence-corrected chi connectivity index (χ4v) is 3.35. The minimum absolute atomic E-state index is 0.235. The molecule has 7 heteroatoms. The molecule has 0 spiro atoms. The van der Waals surface area contributed by atoms with Crippen LogP contribution in [0.2, 0.25) is 5.02 Å². The van der Waals surface area contributed by atoms with Gasteiger partial charge in [0.15, 0.2) is 11.5 Å². The molecular weight excluding hydrogens is 370 g/mol. The predicted octanol–water partition coefficient (Wildman–Crippen LogP) is 5.17. The Morgan fingerprint density at radius 3 is 2.81 bits per heavy atom. The topological polar surface area (TPSA) is 67.2 Å². The molecule has 0 saturated carbocycles. The van der Waals surface area contributed by atoms with Crippen LogP contribution >= 0.6 is 22.9 Å². The molecule has 0 fully saturated rings. The lowest BCUT2D eigenvalue weighted by molar-refractivity contribution is 0.174. The van der Waals surface area contributed by atoms with E-state index in [-0.39, 0.29) is 6.79 Å². The van der Waals surface area contributed by atoms with Crippen molar-refractivity contribution < 1.29 is 9.47 Å². The number of allylic oxidation sites excluding steroid dienone is 1. The zero-order valence-electron chi connectivity index (χ0n) is 13.4. The van der Waals surface area contributed by atoms with Gasteiger partial charge in [0.05, 0.1) is 5.69 Å². The van der Waals surface area contributed by atoms with E-state index in [0.717, 1.165) is 22.7 Å². The molecule has 0 amide bonds. The van der Waals surface area contributed by atoms with E-state index < -0.39 is 0 Å². The van der Waals surface area contributed by atoms with E-state index in [2.05, 4.69) is 16.4 Å². The number of fused-ring (bicyclic) bond motifs is 1. The number of thiazole rings is 1. The fourth-order valence-electron chi connectivity index (χ4n) is 2.43. The van der Waals surface area contributed by atoms with Crippen LogP contribution in [-0.4, -0.2) is 11.8 Å². The van der Waals surface area contributed by atoms with Gasteiger partial charge in [0, 0.05) is 27.9 Å². The van der Waals surface area contributed by atoms with Crippen molar-refractivity contribution in [3.63, 3.8) is 0 Å². The molecule has 26 heavy (non-hydrogen) atoms. The highest BCUT2D eigenvalue weighted by molar-refractivity contribution is 7.11. The van der Waals surface area contributed by atoms with E-state index in [1.807, 2.05) is 35.7 Å². The summed E-state index contributed by atoms with van der Waals surface area (Å²) in [6.45, 7) is 0.235. The van der Waals surface area contributed by atoms with Crippen molar-refractivity contribution in [2.45, 2.75) is 0 Å². The Balaban J connectivity index is 1.56. The number of nitriles is 1. The highest BCUT2D eigenvalue weighted by atomic mass is 35.5. The smallest absolute Gasteiger partial charge is 0.231 e. The van der Waals surface area contributed by atoms with Crippen LogP contribution in [0.4, 0.5) is 5.69 Å². The monoisotopic (exact) mass is 381 g/mol. The molecule has 5 nitrogen and oxygen atoms in total. The van der Waals surface area contributed by atoms with Crippen LogP contribution in [0, 0.1) is 11.3 Å². The maximum absolute atomic E-state index is 9.46. The van der Waals surface area contributed by atoms with E-state index >= 15 is 0 Å². The van der Waals surface area contributed by atoms with Gasteiger partial charge in [-0.25, -0.2) is 4.98 Å². The summed E-state index contributed by atoms with van der Waals surface area (Å²) in [5.74, 6) is 1.44. The standard InChI is InChI=1S/C19H12ClN3O2S/c20-14-2-4-15(5-3-14)22-9-13(8-21)19-23-16(10-26-19)12-1-6-17-18(7-12)25-11-24-17/h1-7,9-10,22H,11H2/b13-9-. The summed E-state index contributed by atoms with van der Waals surface area (Å²) >= 11 is 7.29. The first-order chi connectivity index (χ1) is 12.7. The van der Waals surface area contributed by atoms with Crippen molar-refractivity contribution in [3.8, 4) is 28.8 Å². The third-order valence-corrected chi connectivity index (χ3v) is 4.88. The molecule has 1 aliphatic rings. The molecular formula is C19H12ClN3O2S. The number of halogens is 1. The summed E-state index contributed by atoms with van der Waals surface area (Å²) in [4.78, 5) is 4.57. The van der Waals surface area contributed by atoms with Gasteiger partial charge in [0.1, 0.15) is 16.6 Å². The molecule has 1 aliphatic heterocycles. The molecule has 3 aromatic rings. The Bertz CT molecular complexity index is 1020. The Hall–Kier alpha value is -3.01. The van der Waals surface area contributed by atoms with Crippen molar-refractivity contribution in [2.24, 2.45) is 0 Å². The van der Waals surface area contributed by atoms with Gasteiger partial charge >= 0.3 is 0 Å². The van der Waals surface area contributed by atoms with Gasteiger partial charge in [0.25, 0.3) is 0 Å². The largest absolute Gasteiger partial charge is 0.454 e. The quantitative estimate of drug-likeness (QED) is 0.631. The minimum atomic E-state index is 0.235. The number of nitrogens with zero attached hydrogens (tertiary/aromatic N) is 2. The summed E-state index contributed by atoms with van der Waals surface area (Å²) in [7, 11) is 0. The van der Waals surface area contributed by atoms with E-state index in [0.29, 0.717) is 21.4 Å². The molecule has 2 heterocycles. The summed E-state index contributed by atoms with van der Waals surface area (Å²) in [5.41, 5.74) is 3.00. The first-order valence-corrected chi connectivity index (χ1v) is 8.97. The number of hydrogen-bond acceptors (Lipinski definition) is 6. The van der Waals surface area contributed by atoms with Crippen LogP contribution in [0.5, 0.6) is 11.5 Å². The molecule has 4 rings (SSSR count). The molecule has 2 aromatic carbocycles. The highest BCUT2D eigenvalue weighted by Gasteiger charge is 2.15. The lowest BCUT2D eigenvalue weighted by Gasteiger charge is -2.01. The Morgan fingerprint density at radius 2 is 2.00 bits per heavy atom. The van der Waals surface area contributed by atoms with Crippen molar-refractivity contribution in [1.29, 1.82) is 5.26 Å². The zero-order valence-corrected chi connectivity index (χ0v) is 15.0. The van der Waals surface area contributed by atoms with Gasteiger partial charge in [-0.3, -0.25) is 0 Å². The van der Waals surface area contributed by atoms with E-state index in [1.54, 1.807) is 18.3 Å². The van der Waals surface area contributed by atoms with Gasteiger partial charge in [-0.05, 0) is 42.5 Å². The lowest BCUT2D eigenvalue weighted by atomic mass is 10.1. The average molecular weight is 382 g/mol. The van der Waals surface area contributed by atoms with Gasteiger partial charge in [0.2, 0.25) is 6.79 Å². The van der Waals surface area contributed by atoms with Gasteiger partial charge in [-0.15, -0.1) is 11.3 Å². The number of nitrogens with one attached hydrogen (secondary N) is 1. The molecule has 128 valence electrons. The molecule has 1 N–H and O–H groups in total. The number of ether oxygens (including phenoxy) is 2. The second-order valence-electron chi connectivity index (χ2n) is 5.43. The van der Waals surface area contributed by atoms with Crippen LogP contribution in [0.3, 0.4) is 0 Å². The Kier molecular flexibility index (Phi) is 4.48. The molecule has 1 aromatic heterocycles. The first kappa shape index (κ1) is 16.5. The van der Waals surface area contributed by atoms with Crippen LogP contribution in [0.15, 0.2) is 54.0 Å². The van der Waals surface area contributed by atoms with Gasteiger partial charge in [-0.2, -0.15) is 5.26 Å². The maximum atomic E-state index is 9.46. The zero-order chi connectivity index (χ0) is 17.9. The molecule has 0 atom stereocenters. The summed E-state index contributed by atoms with van der Waals surface area (Å²) in [5, 5.41) is 15.8. The minimum Gasteiger partial charge on any atom is -0.454 e. The third kappa shape index (κ3) is 3.36. The summed E-state index contributed by atoms with van der Waals surface area (Å²) < 4.78 is 10.7. The van der Waals surface area contributed by atoms with Gasteiger partial charge < -0.3 is 14.8 Å². The molecule has 0 unspecified atom stereocenters. The van der Waals surface area contributed by atoms with E-state index in [4.69, 9.17) is 21.1 Å². The van der Waals surface area contributed by atoms with Crippen LogP contribution < -0.4 is 14.8 Å². The number of benzene rings is 2. The average Bonchev–Trinajstić information content (AvgIpc) is 3.32. The fraction of sp³-hybridized carbons (Fsp3) is 0.0526. The number of hydrogen-bond donors (Lipinski definition) is 1. The first-order valence-electron chi connectivity index (χ1n) is 7.71. The maximum Gasteiger partial charge on any atom is 0.231 e. The molecule has 0 bridgehead atoms. The number of aromatic nitrogens is 1.